The van der Waals surface area contributed by atoms with Gasteiger partial charge in [0, 0.05) is 34.1 Å². The van der Waals surface area contributed by atoms with E-state index in [1.54, 1.807) is 0 Å². The summed E-state index contributed by atoms with van der Waals surface area (Å²) in [7, 11) is 0. The fourth-order valence-electron chi connectivity index (χ4n) is 8.01. The van der Waals surface area contributed by atoms with Crippen LogP contribution in [-0.4, -0.2) is 0 Å². The van der Waals surface area contributed by atoms with Crippen molar-refractivity contribution >= 4 is 84.7 Å². The second-order valence-electron chi connectivity index (χ2n) is 14.7. The first-order chi connectivity index (χ1) is 28.2. The number of rotatable bonds is 8. The lowest BCUT2D eigenvalue weighted by molar-refractivity contribution is 1.23. The molecule has 2 nitrogen and oxygen atoms in total. The molecule has 0 aromatic heterocycles. The molecule has 9 aromatic rings. The lowest BCUT2D eigenvalue weighted by Gasteiger charge is -2.27. The van der Waals surface area contributed by atoms with E-state index in [4.69, 9.17) is 0 Å². The van der Waals surface area contributed by atoms with Crippen LogP contribution in [0.15, 0.2) is 212 Å². The van der Waals surface area contributed by atoms with Crippen molar-refractivity contribution in [2.45, 2.75) is 6.42 Å². The van der Waals surface area contributed by atoms with Crippen molar-refractivity contribution in [3.05, 3.63) is 235 Å². The number of fused-ring (bicyclic) bond motifs is 4. The molecule has 1 aliphatic carbocycles. The summed E-state index contributed by atoms with van der Waals surface area (Å²) in [5.74, 6) is 0. The third kappa shape index (κ3) is 7.01. The van der Waals surface area contributed by atoms with Crippen LogP contribution in [-0.2, 0) is 6.42 Å². The Morgan fingerprint density at radius 3 is 1.18 bits per heavy atom. The maximum atomic E-state index is 2.37. The molecule has 0 heterocycles. The van der Waals surface area contributed by atoms with E-state index in [1.807, 2.05) is 0 Å². The number of benzene rings is 9. The van der Waals surface area contributed by atoms with Gasteiger partial charge in [-0.2, -0.15) is 0 Å². The monoisotopic (exact) mass is 728 g/mol. The Labute approximate surface area is 334 Å². The normalized spacial score (nSPS) is 12.3. The first-order valence-electron chi connectivity index (χ1n) is 19.6. The van der Waals surface area contributed by atoms with Crippen molar-refractivity contribution in [1.82, 2.24) is 0 Å². The van der Waals surface area contributed by atoms with Gasteiger partial charge < -0.3 is 9.80 Å². The molecule has 57 heavy (non-hydrogen) atoms. The lowest BCUT2D eigenvalue weighted by Crippen LogP contribution is -2.10. The predicted molar refractivity (Wildman–Crippen MR) is 246 cm³/mol. The molecule has 0 saturated carbocycles. The molecular formula is C55H40N2. The summed E-state index contributed by atoms with van der Waals surface area (Å²) in [6.07, 6.45) is 14.0. The van der Waals surface area contributed by atoms with Gasteiger partial charge >= 0.3 is 0 Å². The Kier molecular flexibility index (Phi) is 8.98. The Morgan fingerprint density at radius 2 is 0.719 bits per heavy atom. The Bertz CT molecular complexity index is 2910. The predicted octanol–water partition coefficient (Wildman–Crippen LogP) is 15.4. The summed E-state index contributed by atoms with van der Waals surface area (Å²) < 4.78 is 0. The van der Waals surface area contributed by atoms with Crippen LogP contribution in [0.1, 0.15) is 22.3 Å². The van der Waals surface area contributed by atoms with Crippen molar-refractivity contribution < 1.29 is 0 Å². The fourth-order valence-corrected chi connectivity index (χ4v) is 8.01. The number of allylic oxidation sites excluding steroid dienone is 3. The van der Waals surface area contributed by atoms with Crippen LogP contribution >= 0.6 is 0 Å². The number of hydrogen-bond donors (Lipinski definition) is 0. The minimum Gasteiger partial charge on any atom is -0.310 e. The topological polar surface area (TPSA) is 6.48 Å². The summed E-state index contributed by atoms with van der Waals surface area (Å²) in [5.41, 5.74) is 11.7. The van der Waals surface area contributed by atoms with Crippen LogP contribution in [0.2, 0.25) is 0 Å². The van der Waals surface area contributed by atoms with Crippen molar-refractivity contribution in [3.8, 4) is 0 Å². The molecular weight excluding hydrogens is 689 g/mol. The number of anilines is 6. The fraction of sp³-hybridized carbons (Fsp3) is 0.0182. The molecule has 0 bridgehead atoms. The van der Waals surface area contributed by atoms with Gasteiger partial charge in [0.2, 0.25) is 0 Å². The molecule has 0 atom stereocenters. The summed E-state index contributed by atoms with van der Waals surface area (Å²) in [4.78, 5) is 4.72. The van der Waals surface area contributed by atoms with E-state index in [2.05, 4.69) is 240 Å². The minimum atomic E-state index is 0.914. The van der Waals surface area contributed by atoms with Crippen molar-refractivity contribution in [2.75, 3.05) is 9.80 Å². The Balaban J connectivity index is 0.950. The van der Waals surface area contributed by atoms with Crippen LogP contribution in [0.4, 0.5) is 34.1 Å². The quantitative estimate of drug-likeness (QED) is 0.144. The molecule has 0 N–H and O–H groups in total. The van der Waals surface area contributed by atoms with Gasteiger partial charge in [0.25, 0.3) is 0 Å². The maximum absolute atomic E-state index is 2.37. The highest BCUT2D eigenvalue weighted by molar-refractivity contribution is 5.93. The highest BCUT2D eigenvalue weighted by atomic mass is 15.1. The van der Waals surface area contributed by atoms with Gasteiger partial charge in [-0.1, -0.05) is 158 Å². The third-order valence-electron chi connectivity index (χ3n) is 11.0. The number of hydrogen-bond acceptors (Lipinski definition) is 2. The second kappa shape index (κ2) is 15.0. The van der Waals surface area contributed by atoms with E-state index >= 15 is 0 Å². The van der Waals surface area contributed by atoms with Crippen molar-refractivity contribution in [1.29, 1.82) is 0 Å². The smallest absolute Gasteiger partial charge is 0.0468 e. The molecule has 0 aliphatic heterocycles. The van der Waals surface area contributed by atoms with E-state index in [1.165, 1.54) is 43.4 Å². The van der Waals surface area contributed by atoms with E-state index in [0.717, 1.165) is 51.7 Å². The van der Waals surface area contributed by atoms with Gasteiger partial charge in [-0.3, -0.25) is 0 Å². The first-order valence-corrected chi connectivity index (χ1v) is 19.6. The van der Waals surface area contributed by atoms with Gasteiger partial charge in [0.1, 0.15) is 0 Å². The molecule has 0 radical (unpaired) electrons. The summed E-state index contributed by atoms with van der Waals surface area (Å²) in [5, 5.41) is 7.38. The molecule has 0 fully saturated rings. The van der Waals surface area contributed by atoms with Crippen LogP contribution in [0, 0.1) is 0 Å². The molecule has 1 aliphatic rings. The summed E-state index contributed by atoms with van der Waals surface area (Å²) >= 11 is 0. The van der Waals surface area contributed by atoms with Crippen LogP contribution in [0.25, 0.3) is 50.5 Å². The van der Waals surface area contributed by atoms with Crippen LogP contribution < -0.4 is 9.80 Å². The summed E-state index contributed by atoms with van der Waals surface area (Å²) in [6, 6.07) is 70.4. The minimum absolute atomic E-state index is 0.914. The lowest BCUT2D eigenvalue weighted by atomic mass is 10.0. The maximum Gasteiger partial charge on any atom is 0.0468 e. The van der Waals surface area contributed by atoms with Gasteiger partial charge in [0.15, 0.2) is 0 Å². The molecule has 0 spiro atoms. The second-order valence-corrected chi connectivity index (χ2v) is 14.7. The Morgan fingerprint density at radius 1 is 0.333 bits per heavy atom. The zero-order chi connectivity index (χ0) is 38.0. The van der Waals surface area contributed by atoms with E-state index in [-0.39, 0.29) is 0 Å². The van der Waals surface area contributed by atoms with Crippen molar-refractivity contribution in [3.63, 3.8) is 0 Å². The molecule has 2 heteroatoms. The molecule has 270 valence electrons. The van der Waals surface area contributed by atoms with E-state index < -0.39 is 0 Å². The van der Waals surface area contributed by atoms with E-state index in [0.29, 0.717) is 0 Å². The standard InChI is InChI=1S/C55H40N2/c1-2-10-42-24-32-52(36-46(42)14-3-1)56(53-33-25-43-11-4-7-15-47(43)37-53)50-28-20-40(21-29-50)18-19-41-22-30-51(31-23-41)57(54-34-26-44-12-5-8-16-48(44)38-54)55-35-27-45-13-6-9-17-49(45)39-55/h1-13,15-39H,14H2. The van der Waals surface area contributed by atoms with E-state index in [9.17, 15) is 0 Å². The van der Waals surface area contributed by atoms with Gasteiger partial charge in [-0.05, 0) is 134 Å². The highest BCUT2D eigenvalue weighted by Gasteiger charge is 2.16. The average Bonchev–Trinajstić information content (AvgIpc) is 3.52. The zero-order valence-electron chi connectivity index (χ0n) is 31.5. The van der Waals surface area contributed by atoms with Crippen LogP contribution in [0.5, 0.6) is 0 Å². The average molecular weight is 729 g/mol. The van der Waals surface area contributed by atoms with Crippen molar-refractivity contribution in [2.24, 2.45) is 0 Å². The molecule has 0 amide bonds. The summed E-state index contributed by atoms with van der Waals surface area (Å²) in [6.45, 7) is 0. The number of nitrogens with zero attached hydrogens (tertiary/aromatic N) is 2. The molecule has 0 saturated heterocycles. The largest absolute Gasteiger partial charge is 0.310 e. The van der Waals surface area contributed by atoms with Gasteiger partial charge in [-0.15, -0.1) is 0 Å². The zero-order valence-corrected chi connectivity index (χ0v) is 31.5. The third-order valence-corrected chi connectivity index (χ3v) is 11.0. The highest BCUT2D eigenvalue weighted by Crippen LogP contribution is 2.39. The molecule has 10 rings (SSSR count). The van der Waals surface area contributed by atoms with Gasteiger partial charge in [0.05, 0.1) is 0 Å². The van der Waals surface area contributed by atoms with Crippen LogP contribution in [0.3, 0.4) is 0 Å². The Hall–Kier alpha value is -7.42. The molecule has 9 aromatic carbocycles. The first kappa shape index (κ1) is 34.1. The van der Waals surface area contributed by atoms with Gasteiger partial charge in [-0.25, -0.2) is 0 Å². The SMILES string of the molecule is C1=CCc2cc(N(c3ccc(C=Cc4ccc(N(c5ccc6ccccc6c5)c5ccc6ccccc6c5)cc4)cc3)c3ccc4ccccc4c3)ccc2C=C1. The molecule has 0 unspecified atom stereocenters.